The molecule has 0 aromatic heterocycles. The van der Waals surface area contributed by atoms with Gasteiger partial charge in [0, 0.05) is 18.8 Å². The molecule has 1 aromatic rings. The van der Waals surface area contributed by atoms with Crippen molar-refractivity contribution < 1.29 is 8.42 Å². The summed E-state index contributed by atoms with van der Waals surface area (Å²) >= 11 is 0. The van der Waals surface area contributed by atoms with Gasteiger partial charge in [-0.1, -0.05) is 6.07 Å². The lowest BCUT2D eigenvalue weighted by Crippen LogP contribution is -2.25. The lowest BCUT2D eigenvalue weighted by molar-refractivity contribution is 0.599. The highest BCUT2D eigenvalue weighted by Gasteiger charge is 2.28. The molecule has 5 heteroatoms. The molecule has 0 bridgehead atoms. The van der Waals surface area contributed by atoms with Gasteiger partial charge in [0.2, 0.25) is 10.0 Å². The summed E-state index contributed by atoms with van der Waals surface area (Å²) in [6.45, 7) is 1.59. The smallest absolute Gasteiger partial charge is 0.235 e. The van der Waals surface area contributed by atoms with Gasteiger partial charge < -0.3 is 5.32 Å². The Balaban J connectivity index is 1.99. The summed E-state index contributed by atoms with van der Waals surface area (Å²) in [6.07, 6.45) is 2.95. The van der Waals surface area contributed by atoms with E-state index in [1.807, 2.05) is 18.2 Å². The summed E-state index contributed by atoms with van der Waals surface area (Å²) in [7, 11) is -3.06. The van der Waals surface area contributed by atoms with Crippen LogP contribution in [0.1, 0.15) is 18.4 Å². The van der Waals surface area contributed by atoms with E-state index in [0.29, 0.717) is 6.54 Å². The molecule has 1 N–H and O–H groups in total. The van der Waals surface area contributed by atoms with E-state index in [2.05, 4.69) is 5.32 Å². The predicted octanol–water partition coefficient (Wildman–Crippen LogP) is 1.58. The molecule has 1 aromatic carbocycles. The fourth-order valence-electron chi connectivity index (χ4n) is 2.53. The van der Waals surface area contributed by atoms with Crippen molar-refractivity contribution in [3.05, 3.63) is 23.8 Å². The van der Waals surface area contributed by atoms with E-state index in [9.17, 15) is 8.42 Å². The molecule has 0 saturated carbocycles. The second-order valence-electron chi connectivity index (χ2n) is 4.61. The van der Waals surface area contributed by atoms with Crippen molar-refractivity contribution in [1.82, 2.24) is 0 Å². The monoisotopic (exact) mass is 252 g/mol. The minimum atomic E-state index is -3.06. The molecule has 2 aliphatic heterocycles. The number of hydrogen-bond acceptors (Lipinski definition) is 3. The Morgan fingerprint density at radius 3 is 2.88 bits per heavy atom. The number of nitrogens with zero attached hydrogens (tertiary/aromatic N) is 1. The lowest BCUT2D eigenvalue weighted by Gasteiger charge is -2.22. The largest absolute Gasteiger partial charge is 0.385 e. The summed E-state index contributed by atoms with van der Waals surface area (Å²) in [4.78, 5) is 0. The van der Waals surface area contributed by atoms with Crippen molar-refractivity contribution in [2.24, 2.45) is 0 Å². The third kappa shape index (κ3) is 1.88. The topological polar surface area (TPSA) is 49.4 Å². The van der Waals surface area contributed by atoms with E-state index in [0.717, 1.165) is 37.2 Å². The Labute approximate surface area is 102 Å². The molecule has 0 atom stereocenters. The van der Waals surface area contributed by atoms with Gasteiger partial charge in [0.1, 0.15) is 0 Å². The van der Waals surface area contributed by atoms with Gasteiger partial charge in [0.15, 0.2) is 0 Å². The van der Waals surface area contributed by atoms with E-state index in [4.69, 9.17) is 0 Å². The molecule has 0 radical (unpaired) electrons. The first-order chi connectivity index (χ1) is 8.17. The molecule has 0 unspecified atom stereocenters. The summed E-state index contributed by atoms with van der Waals surface area (Å²) in [5.74, 6) is 0.275. The molecule has 0 spiro atoms. The van der Waals surface area contributed by atoms with Crippen molar-refractivity contribution >= 4 is 21.4 Å². The maximum absolute atomic E-state index is 11.8. The Morgan fingerprint density at radius 2 is 2.12 bits per heavy atom. The second-order valence-corrected chi connectivity index (χ2v) is 6.63. The predicted molar refractivity (Wildman–Crippen MR) is 69.0 cm³/mol. The minimum absolute atomic E-state index is 0.275. The van der Waals surface area contributed by atoms with E-state index in [1.165, 1.54) is 9.87 Å². The number of nitrogens with one attached hydrogen (secondary N) is 1. The van der Waals surface area contributed by atoms with Crippen LogP contribution in [0.5, 0.6) is 0 Å². The van der Waals surface area contributed by atoms with Gasteiger partial charge in [-0.2, -0.15) is 0 Å². The van der Waals surface area contributed by atoms with Crippen molar-refractivity contribution in [3.63, 3.8) is 0 Å². The first-order valence-electron chi connectivity index (χ1n) is 6.04. The normalized spacial score (nSPS) is 22.0. The van der Waals surface area contributed by atoms with Crippen LogP contribution in [0.4, 0.5) is 11.4 Å². The fraction of sp³-hybridized carbons (Fsp3) is 0.500. The zero-order chi connectivity index (χ0) is 11.9. The van der Waals surface area contributed by atoms with Gasteiger partial charge in [-0.3, -0.25) is 4.31 Å². The zero-order valence-corrected chi connectivity index (χ0v) is 10.5. The number of anilines is 2. The average molecular weight is 252 g/mol. The summed E-state index contributed by atoms with van der Waals surface area (Å²) in [6, 6.07) is 5.94. The maximum atomic E-state index is 11.8. The molecule has 0 aliphatic carbocycles. The van der Waals surface area contributed by atoms with Crippen LogP contribution in [0, 0.1) is 0 Å². The summed E-state index contributed by atoms with van der Waals surface area (Å²) in [5.41, 5.74) is 3.18. The highest BCUT2D eigenvalue weighted by Crippen LogP contribution is 2.30. The molecule has 1 saturated heterocycles. The average Bonchev–Trinajstić information content (AvgIpc) is 2.68. The molecule has 92 valence electrons. The number of benzene rings is 1. The van der Waals surface area contributed by atoms with Crippen LogP contribution in [0.15, 0.2) is 18.2 Å². The highest BCUT2D eigenvalue weighted by atomic mass is 32.2. The van der Waals surface area contributed by atoms with Gasteiger partial charge in [0.05, 0.1) is 11.4 Å². The van der Waals surface area contributed by atoms with E-state index in [-0.39, 0.29) is 5.75 Å². The minimum Gasteiger partial charge on any atom is -0.385 e. The quantitative estimate of drug-likeness (QED) is 0.825. The maximum Gasteiger partial charge on any atom is 0.235 e. The van der Waals surface area contributed by atoms with Crippen molar-refractivity contribution in [3.8, 4) is 0 Å². The van der Waals surface area contributed by atoms with Crippen LogP contribution < -0.4 is 9.62 Å². The van der Waals surface area contributed by atoms with Gasteiger partial charge in [-0.15, -0.1) is 0 Å². The molecule has 1 fully saturated rings. The number of rotatable bonds is 1. The lowest BCUT2D eigenvalue weighted by atomic mass is 10.0. The van der Waals surface area contributed by atoms with Gasteiger partial charge in [0.25, 0.3) is 0 Å². The first-order valence-corrected chi connectivity index (χ1v) is 7.65. The molecule has 3 rings (SSSR count). The molecular weight excluding hydrogens is 236 g/mol. The van der Waals surface area contributed by atoms with E-state index >= 15 is 0 Å². The SMILES string of the molecule is O=S1(=O)CCCN1c1ccc2c(c1)NCCC2. The summed E-state index contributed by atoms with van der Waals surface area (Å²) < 4.78 is 25.2. The molecule has 2 heterocycles. The van der Waals surface area contributed by atoms with Crippen LogP contribution >= 0.6 is 0 Å². The highest BCUT2D eigenvalue weighted by molar-refractivity contribution is 7.93. The van der Waals surface area contributed by atoms with Crippen molar-refractivity contribution in [2.45, 2.75) is 19.3 Å². The van der Waals surface area contributed by atoms with E-state index < -0.39 is 10.0 Å². The standard InChI is InChI=1S/C12H16N2O2S/c15-17(16)8-2-7-14(17)11-5-4-10-3-1-6-13-12(10)9-11/h4-5,9,13H,1-3,6-8H2. The third-order valence-corrected chi connectivity index (χ3v) is 5.29. The number of aryl methyl sites for hydroxylation is 1. The van der Waals surface area contributed by atoms with Crippen molar-refractivity contribution in [1.29, 1.82) is 0 Å². The Hall–Kier alpha value is -1.23. The summed E-state index contributed by atoms with van der Waals surface area (Å²) in [5, 5.41) is 3.33. The van der Waals surface area contributed by atoms with Crippen LogP contribution in [-0.2, 0) is 16.4 Å². The van der Waals surface area contributed by atoms with Gasteiger partial charge >= 0.3 is 0 Å². The zero-order valence-electron chi connectivity index (χ0n) is 9.65. The molecule has 0 amide bonds. The fourth-order valence-corrected chi connectivity index (χ4v) is 4.09. The van der Waals surface area contributed by atoms with Gasteiger partial charge in [-0.25, -0.2) is 8.42 Å². The number of fused-ring (bicyclic) bond motifs is 1. The Kier molecular flexibility index (Phi) is 2.50. The Morgan fingerprint density at radius 1 is 1.24 bits per heavy atom. The number of sulfonamides is 1. The molecule has 4 nitrogen and oxygen atoms in total. The molecular formula is C12H16N2O2S. The van der Waals surface area contributed by atoms with Crippen LogP contribution in [0.25, 0.3) is 0 Å². The van der Waals surface area contributed by atoms with Crippen LogP contribution in [0.3, 0.4) is 0 Å². The molecule has 17 heavy (non-hydrogen) atoms. The van der Waals surface area contributed by atoms with Crippen LogP contribution in [-0.4, -0.2) is 27.3 Å². The first kappa shape index (κ1) is 10.9. The second kappa shape index (κ2) is 3.91. The molecule has 2 aliphatic rings. The van der Waals surface area contributed by atoms with Crippen molar-refractivity contribution in [2.75, 3.05) is 28.5 Å². The van der Waals surface area contributed by atoms with Gasteiger partial charge in [-0.05, 0) is 37.0 Å². The Bertz CT molecular complexity index is 539. The van der Waals surface area contributed by atoms with Crippen LogP contribution in [0.2, 0.25) is 0 Å². The number of hydrogen-bond donors (Lipinski definition) is 1. The van der Waals surface area contributed by atoms with E-state index in [1.54, 1.807) is 0 Å². The third-order valence-electron chi connectivity index (χ3n) is 3.42.